The van der Waals surface area contributed by atoms with Crippen LogP contribution in [0.2, 0.25) is 10.0 Å². The smallest absolute Gasteiger partial charge is 0.257 e. The average Bonchev–Trinajstić information content (AvgIpc) is 2.37. The van der Waals surface area contributed by atoms with Gasteiger partial charge in [0.05, 0.1) is 17.5 Å². The Morgan fingerprint density at radius 1 is 1.47 bits per heavy atom. The highest BCUT2D eigenvalue weighted by Crippen LogP contribution is 2.32. The van der Waals surface area contributed by atoms with E-state index in [4.69, 9.17) is 38.9 Å². The highest BCUT2D eigenvalue weighted by molar-refractivity contribution is 6.35. The van der Waals surface area contributed by atoms with E-state index < -0.39 is 0 Å². The number of amides is 1. The van der Waals surface area contributed by atoms with Gasteiger partial charge in [0.2, 0.25) is 0 Å². The number of carbonyl (C=O) groups is 1. The molecule has 0 aromatic heterocycles. The van der Waals surface area contributed by atoms with Gasteiger partial charge in [0, 0.05) is 23.7 Å². The Morgan fingerprint density at radius 3 is 2.84 bits per heavy atom. The molecule has 0 saturated carbocycles. The van der Waals surface area contributed by atoms with Crippen LogP contribution in [-0.4, -0.2) is 19.1 Å². The summed E-state index contributed by atoms with van der Waals surface area (Å²) in [4.78, 5) is 11.4. The molecule has 0 bridgehead atoms. The highest BCUT2D eigenvalue weighted by Gasteiger charge is 2.11. The van der Waals surface area contributed by atoms with Gasteiger partial charge in [0.15, 0.2) is 6.61 Å². The van der Waals surface area contributed by atoms with Gasteiger partial charge in [0.1, 0.15) is 5.75 Å². The van der Waals surface area contributed by atoms with Gasteiger partial charge in [0.25, 0.3) is 5.91 Å². The first-order valence-electron chi connectivity index (χ1n) is 5.53. The van der Waals surface area contributed by atoms with Crippen LogP contribution in [0.1, 0.15) is 12.0 Å². The third-order valence-electron chi connectivity index (χ3n) is 2.21. The minimum absolute atomic E-state index is 0.195. The zero-order valence-corrected chi connectivity index (χ0v) is 11.6. The van der Waals surface area contributed by atoms with E-state index in [0.717, 1.165) is 0 Å². The van der Waals surface area contributed by atoms with Crippen LogP contribution < -0.4 is 15.8 Å². The van der Waals surface area contributed by atoms with Crippen molar-refractivity contribution in [3.63, 3.8) is 0 Å². The predicted octanol–water partition coefficient (Wildman–Crippen LogP) is 1.86. The monoisotopic (exact) mass is 301 g/mol. The second-order valence-corrected chi connectivity index (χ2v) is 4.47. The maximum Gasteiger partial charge on any atom is 0.257 e. The van der Waals surface area contributed by atoms with Crippen molar-refractivity contribution in [2.45, 2.75) is 13.0 Å². The first-order valence-corrected chi connectivity index (χ1v) is 6.28. The topological polar surface area (TPSA) is 88.1 Å². The molecule has 0 radical (unpaired) electrons. The molecular weight excluding hydrogens is 289 g/mol. The normalized spacial score (nSPS) is 9.79. The number of hydrogen-bond donors (Lipinski definition) is 2. The quantitative estimate of drug-likeness (QED) is 0.785. The number of nitrogens with two attached hydrogens (primary N) is 1. The van der Waals surface area contributed by atoms with Crippen molar-refractivity contribution < 1.29 is 9.53 Å². The maximum atomic E-state index is 11.4. The number of nitriles is 1. The largest absolute Gasteiger partial charge is 0.482 e. The summed E-state index contributed by atoms with van der Waals surface area (Å²) in [7, 11) is 0. The lowest BCUT2D eigenvalue weighted by Crippen LogP contribution is -2.29. The van der Waals surface area contributed by atoms with Crippen molar-refractivity contribution in [3.05, 3.63) is 27.7 Å². The van der Waals surface area contributed by atoms with E-state index in [1.165, 1.54) is 6.07 Å². The van der Waals surface area contributed by atoms with Gasteiger partial charge in [-0.1, -0.05) is 23.2 Å². The molecule has 102 valence electrons. The molecule has 0 fully saturated rings. The van der Waals surface area contributed by atoms with Crippen LogP contribution in [-0.2, 0) is 11.3 Å². The summed E-state index contributed by atoms with van der Waals surface area (Å²) in [6.45, 7) is 0.294. The van der Waals surface area contributed by atoms with Gasteiger partial charge in [-0.05, 0) is 12.1 Å². The van der Waals surface area contributed by atoms with Crippen molar-refractivity contribution >= 4 is 29.1 Å². The van der Waals surface area contributed by atoms with Crippen LogP contribution >= 0.6 is 23.2 Å². The molecule has 1 rings (SSSR count). The Balaban J connectivity index is 2.62. The van der Waals surface area contributed by atoms with Crippen LogP contribution in [0.4, 0.5) is 0 Å². The molecule has 0 atom stereocenters. The Hall–Kier alpha value is -1.48. The van der Waals surface area contributed by atoms with Crippen molar-refractivity contribution in [3.8, 4) is 11.8 Å². The molecule has 0 saturated heterocycles. The second-order valence-electron chi connectivity index (χ2n) is 3.63. The zero-order chi connectivity index (χ0) is 14.3. The molecule has 7 heteroatoms. The summed E-state index contributed by atoms with van der Waals surface area (Å²) in [6, 6.07) is 5.08. The first-order chi connectivity index (χ1) is 9.08. The molecule has 5 nitrogen and oxygen atoms in total. The van der Waals surface area contributed by atoms with Crippen LogP contribution in [0.25, 0.3) is 0 Å². The lowest BCUT2D eigenvalue weighted by atomic mass is 10.2. The fraction of sp³-hybridized carbons (Fsp3) is 0.333. The third-order valence-corrected chi connectivity index (χ3v) is 2.71. The summed E-state index contributed by atoms with van der Waals surface area (Å²) in [5.41, 5.74) is 6.19. The van der Waals surface area contributed by atoms with E-state index in [-0.39, 0.29) is 32.0 Å². The molecule has 3 N–H and O–H groups in total. The van der Waals surface area contributed by atoms with Gasteiger partial charge < -0.3 is 15.8 Å². The van der Waals surface area contributed by atoms with Crippen LogP contribution in [0, 0.1) is 11.3 Å². The van der Waals surface area contributed by atoms with Gasteiger partial charge in [-0.2, -0.15) is 5.26 Å². The number of nitrogens with one attached hydrogen (secondary N) is 1. The van der Waals surface area contributed by atoms with Crippen molar-refractivity contribution in [2.75, 3.05) is 13.2 Å². The summed E-state index contributed by atoms with van der Waals surface area (Å²) in [5.74, 6) is 0.0215. The minimum atomic E-state index is -0.329. The van der Waals surface area contributed by atoms with Crippen molar-refractivity contribution in [1.29, 1.82) is 5.26 Å². The number of halogens is 2. The molecular formula is C12H13Cl2N3O2. The van der Waals surface area contributed by atoms with E-state index in [1.807, 2.05) is 6.07 Å². The van der Waals surface area contributed by atoms with E-state index in [0.29, 0.717) is 21.4 Å². The molecule has 1 aromatic rings. The molecule has 0 aliphatic rings. The van der Waals surface area contributed by atoms with Gasteiger partial charge in [-0.3, -0.25) is 4.79 Å². The Labute approximate surface area is 121 Å². The molecule has 0 unspecified atom stereocenters. The third kappa shape index (κ3) is 4.95. The second kappa shape index (κ2) is 7.85. The molecule has 0 aliphatic carbocycles. The number of hydrogen-bond acceptors (Lipinski definition) is 4. The SMILES string of the molecule is N#CCCNC(=O)COc1c(Cl)cc(Cl)cc1CN. The number of rotatable bonds is 6. The lowest BCUT2D eigenvalue weighted by molar-refractivity contribution is -0.123. The fourth-order valence-corrected chi connectivity index (χ4v) is 1.96. The predicted molar refractivity (Wildman–Crippen MR) is 73.1 cm³/mol. The Bertz CT molecular complexity index is 500. The van der Waals surface area contributed by atoms with Crippen LogP contribution in [0.3, 0.4) is 0 Å². The number of nitrogens with zero attached hydrogens (tertiary/aromatic N) is 1. The van der Waals surface area contributed by atoms with Gasteiger partial charge in [-0.15, -0.1) is 0 Å². The Kier molecular flexibility index (Phi) is 6.43. The fourth-order valence-electron chi connectivity index (χ4n) is 1.37. The van der Waals surface area contributed by atoms with E-state index in [9.17, 15) is 4.79 Å². The standard InChI is InChI=1S/C12H13Cl2N3O2/c13-9-4-8(6-16)12(10(14)5-9)19-7-11(18)17-3-1-2-15/h4-5H,1,3,6-7,16H2,(H,17,18). The van der Waals surface area contributed by atoms with E-state index in [2.05, 4.69) is 5.32 Å². The highest BCUT2D eigenvalue weighted by atomic mass is 35.5. The molecule has 0 heterocycles. The Morgan fingerprint density at radius 2 is 2.21 bits per heavy atom. The number of benzene rings is 1. The summed E-state index contributed by atoms with van der Waals surface area (Å²) in [6.07, 6.45) is 0.251. The van der Waals surface area contributed by atoms with Gasteiger partial charge >= 0.3 is 0 Å². The number of ether oxygens (including phenoxy) is 1. The lowest BCUT2D eigenvalue weighted by Gasteiger charge is -2.12. The maximum absolute atomic E-state index is 11.4. The molecule has 0 spiro atoms. The summed E-state index contributed by atoms with van der Waals surface area (Å²) >= 11 is 11.8. The van der Waals surface area contributed by atoms with Crippen molar-refractivity contribution in [1.82, 2.24) is 5.32 Å². The first kappa shape index (κ1) is 15.6. The molecule has 19 heavy (non-hydrogen) atoms. The minimum Gasteiger partial charge on any atom is -0.482 e. The average molecular weight is 302 g/mol. The van der Waals surface area contributed by atoms with Gasteiger partial charge in [-0.25, -0.2) is 0 Å². The zero-order valence-electron chi connectivity index (χ0n) is 10.1. The van der Waals surface area contributed by atoms with Crippen LogP contribution in [0.5, 0.6) is 5.75 Å². The number of carbonyl (C=O) groups excluding carboxylic acids is 1. The summed E-state index contributed by atoms with van der Waals surface area (Å²) in [5, 5.41) is 11.6. The van der Waals surface area contributed by atoms with E-state index >= 15 is 0 Å². The van der Waals surface area contributed by atoms with Crippen molar-refractivity contribution in [2.24, 2.45) is 5.73 Å². The van der Waals surface area contributed by atoms with E-state index in [1.54, 1.807) is 6.07 Å². The summed E-state index contributed by atoms with van der Waals surface area (Å²) < 4.78 is 5.34. The molecule has 0 aliphatic heterocycles. The van der Waals surface area contributed by atoms with Crippen LogP contribution in [0.15, 0.2) is 12.1 Å². The molecule has 1 amide bonds. The molecule has 1 aromatic carbocycles.